The molecule has 1 amide bonds. The molecule has 0 aliphatic carbocycles. The molecule has 1 aromatic carbocycles. The van der Waals surface area contributed by atoms with Crippen LogP contribution in [0, 0.1) is 0 Å². The van der Waals surface area contributed by atoms with E-state index in [1.165, 1.54) is 13.3 Å². The third-order valence-corrected chi connectivity index (χ3v) is 4.28. The molecule has 0 spiro atoms. The van der Waals surface area contributed by atoms with Gasteiger partial charge in [-0.05, 0) is 31.2 Å². The molecule has 1 aromatic heterocycles. The summed E-state index contributed by atoms with van der Waals surface area (Å²) in [6.07, 6.45) is 1.35. The number of nitrogens with one attached hydrogen (secondary N) is 2. The Balaban J connectivity index is 1.54. The standard InChI is InChI=1S/C19H23N5O3/c1-14(25)15-2-4-16(5-3-15)23-18-12-17(21-13-22-18)19(26)20-6-7-24-8-10-27-11-9-24/h2-5,12-13H,6-11H2,1H3,(H,20,26)(H,21,22,23). The summed E-state index contributed by atoms with van der Waals surface area (Å²) >= 11 is 0. The number of anilines is 2. The zero-order valence-electron chi connectivity index (χ0n) is 15.3. The fraction of sp³-hybridized carbons (Fsp3) is 0.368. The Morgan fingerprint density at radius 1 is 1.15 bits per heavy atom. The minimum absolute atomic E-state index is 0.0135. The van der Waals surface area contributed by atoms with Gasteiger partial charge in [-0.2, -0.15) is 0 Å². The average molecular weight is 369 g/mol. The predicted molar refractivity (Wildman–Crippen MR) is 101 cm³/mol. The number of hydrogen-bond acceptors (Lipinski definition) is 7. The van der Waals surface area contributed by atoms with Crippen LogP contribution in [0.5, 0.6) is 0 Å². The maximum atomic E-state index is 12.3. The summed E-state index contributed by atoms with van der Waals surface area (Å²) < 4.78 is 5.31. The highest BCUT2D eigenvalue weighted by atomic mass is 16.5. The van der Waals surface area contributed by atoms with Crippen molar-refractivity contribution in [2.75, 3.05) is 44.7 Å². The SMILES string of the molecule is CC(=O)c1ccc(Nc2cc(C(=O)NCCN3CCOCC3)ncn2)cc1. The molecular weight excluding hydrogens is 346 g/mol. The number of Topliss-reactive ketones (excluding diaryl/α,β-unsaturated/α-hetero) is 1. The van der Waals surface area contributed by atoms with Crippen LogP contribution in [-0.2, 0) is 4.74 Å². The maximum Gasteiger partial charge on any atom is 0.270 e. The van der Waals surface area contributed by atoms with Crippen molar-refractivity contribution in [3.05, 3.63) is 47.9 Å². The quantitative estimate of drug-likeness (QED) is 0.714. The summed E-state index contributed by atoms with van der Waals surface area (Å²) in [4.78, 5) is 34.1. The molecule has 2 heterocycles. The van der Waals surface area contributed by atoms with E-state index in [1.54, 1.807) is 30.3 Å². The van der Waals surface area contributed by atoms with E-state index in [9.17, 15) is 9.59 Å². The molecule has 1 saturated heterocycles. The van der Waals surface area contributed by atoms with E-state index in [-0.39, 0.29) is 11.7 Å². The monoisotopic (exact) mass is 369 g/mol. The zero-order chi connectivity index (χ0) is 19.1. The Morgan fingerprint density at radius 2 is 1.89 bits per heavy atom. The van der Waals surface area contributed by atoms with Gasteiger partial charge in [-0.1, -0.05) is 0 Å². The Hall–Kier alpha value is -2.84. The first-order valence-corrected chi connectivity index (χ1v) is 8.90. The van der Waals surface area contributed by atoms with E-state index in [1.807, 2.05) is 0 Å². The van der Waals surface area contributed by atoms with E-state index in [0.29, 0.717) is 23.6 Å². The molecule has 142 valence electrons. The van der Waals surface area contributed by atoms with Crippen molar-refractivity contribution < 1.29 is 14.3 Å². The molecule has 0 unspecified atom stereocenters. The summed E-state index contributed by atoms with van der Waals surface area (Å²) in [5.41, 5.74) is 1.72. The van der Waals surface area contributed by atoms with Crippen molar-refractivity contribution in [3.63, 3.8) is 0 Å². The molecule has 0 saturated carbocycles. The maximum absolute atomic E-state index is 12.3. The molecule has 0 bridgehead atoms. The number of aromatic nitrogens is 2. The number of rotatable bonds is 7. The van der Waals surface area contributed by atoms with Crippen molar-refractivity contribution >= 4 is 23.2 Å². The molecule has 8 heteroatoms. The van der Waals surface area contributed by atoms with Gasteiger partial charge in [0, 0.05) is 43.5 Å². The Kier molecular flexibility index (Phi) is 6.45. The van der Waals surface area contributed by atoms with Gasteiger partial charge < -0.3 is 15.4 Å². The van der Waals surface area contributed by atoms with Crippen LogP contribution in [0.1, 0.15) is 27.8 Å². The average Bonchev–Trinajstić information content (AvgIpc) is 2.69. The Labute approximate surface area is 158 Å². The normalized spacial score (nSPS) is 14.6. The third kappa shape index (κ3) is 5.57. The zero-order valence-corrected chi connectivity index (χ0v) is 15.3. The number of ether oxygens (including phenoxy) is 1. The van der Waals surface area contributed by atoms with Gasteiger partial charge in [-0.25, -0.2) is 9.97 Å². The van der Waals surface area contributed by atoms with Crippen LogP contribution in [0.25, 0.3) is 0 Å². The summed E-state index contributed by atoms with van der Waals surface area (Å²) in [6, 6.07) is 8.67. The van der Waals surface area contributed by atoms with Crippen LogP contribution in [0.2, 0.25) is 0 Å². The lowest BCUT2D eigenvalue weighted by Gasteiger charge is -2.26. The number of carbonyl (C=O) groups is 2. The van der Waals surface area contributed by atoms with Gasteiger partial charge in [0.1, 0.15) is 17.8 Å². The highest BCUT2D eigenvalue weighted by Crippen LogP contribution is 2.15. The van der Waals surface area contributed by atoms with Crippen LogP contribution in [0.15, 0.2) is 36.7 Å². The smallest absolute Gasteiger partial charge is 0.270 e. The number of morpholine rings is 1. The molecule has 2 aromatic rings. The minimum atomic E-state index is -0.236. The number of carbonyl (C=O) groups excluding carboxylic acids is 2. The molecule has 2 N–H and O–H groups in total. The Bertz CT molecular complexity index is 788. The van der Waals surface area contributed by atoms with E-state index >= 15 is 0 Å². The van der Waals surface area contributed by atoms with Crippen LogP contribution < -0.4 is 10.6 Å². The molecule has 0 radical (unpaired) electrons. The molecular formula is C19H23N5O3. The van der Waals surface area contributed by atoms with E-state index in [2.05, 4.69) is 25.5 Å². The van der Waals surface area contributed by atoms with Crippen molar-refractivity contribution in [2.24, 2.45) is 0 Å². The first kappa shape index (κ1) is 18.9. The second-order valence-corrected chi connectivity index (χ2v) is 6.26. The lowest BCUT2D eigenvalue weighted by molar-refractivity contribution is 0.0383. The molecule has 0 atom stereocenters. The summed E-state index contributed by atoms with van der Waals surface area (Å²) in [6.45, 7) is 6.12. The number of nitrogens with zero attached hydrogens (tertiary/aromatic N) is 3. The van der Waals surface area contributed by atoms with E-state index in [4.69, 9.17) is 4.74 Å². The van der Waals surface area contributed by atoms with Gasteiger partial charge in [-0.3, -0.25) is 14.5 Å². The van der Waals surface area contributed by atoms with Crippen molar-refractivity contribution in [1.82, 2.24) is 20.2 Å². The van der Waals surface area contributed by atoms with E-state index in [0.717, 1.165) is 38.5 Å². The second kappa shape index (κ2) is 9.20. The number of benzene rings is 1. The predicted octanol–water partition coefficient (Wildman–Crippen LogP) is 1.48. The summed E-state index contributed by atoms with van der Waals surface area (Å²) in [5, 5.41) is 5.99. The van der Waals surface area contributed by atoms with Gasteiger partial charge in [0.2, 0.25) is 0 Å². The van der Waals surface area contributed by atoms with Gasteiger partial charge in [0.15, 0.2) is 5.78 Å². The molecule has 8 nitrogen and oxygen atoms in total. The molecule has 1 aliphatic heterocycles. The molecule has 1 aliphatic rings. The van der Waals surface area contributed by atoms with Gasteiger partial charge >= 0.3 is 0 Å². The third-order valence-electron chi connectivity index (χ3n) is 4.28. The Morgan fingerprint density at radius 3 is 2.59 bits per heavy atom. The van der Waals surface area contributed by atoms with Crippen LogP contribution in [0.4, 0.5) is 11.5 Å². The van der Waals surface area contributed by atoms with Gasteiger partial charge in [0.25, 0.3) is 5.91 Å². The van der Waals surface area contributed by atoms with Gasteiger partial charge in [-0.15, -0.1) is 0 Å². The largest absolute Gasteiger partial charge is 0.379 e. The number of amides is 1. The van der Waals surface area contributed by atoms with Crippen molar-refractivity contribution in [1.29, 1.82) is 0 Å². The highest BCUT2D eigenvalue weighted by Gasteiger charge is 2.12. The first-order chi connectivity index (χ1) is 13.1. The van der Waals surface area contributed by atoms with E-state index < -0.39 is 0 Å². The van der Waals surface area contributed by atoms with Crippen molar-refractivity contribution in [3.8, 4) is 0 Å². The number of hydrogen-bond donors (Lipinski definition) is 2. The highest BCUT2D eigenvalue weighted by molar-refractivity contribution is 5.94. The fourth-order valence-electron chi connectivity index (χ4n) is 2.73. The minimum Gasteiger partial charge on any atom is -0.379 e. The molecule has 1 fully saturated rings. The first-order valence-electron chi connectivity index (χ1n) is 8.90. The molecule has 3 rings (SSSR count). The van der Waals surface area contributed by atoms with Crippen LogP contribution in [0.3, 0.4) is 0 Å². The lowest BCUT2D eigenvalue weighted by Crippen LogP contribution is -2.41. The van der Waals surface area contributed by atoms with Crippen LogP contribution >= 0.6 is 0 Å². The van der Waals surface area contributed by atoms with Crippen molar-refractivity contribution in [2.45, 2.75) is 6.92 Å². The summed E-state index contributed by atoms with van der Waals surface area (Å²) in [5.74, 6) is 0.291. The summed E-state index contributed by atoms with van der Waals surface area (Å²) in [7, 11) is 0. The fourth-order valence-corrected chi connectivity index (χ4v) is 2.73. The second-order valence-electron chi connectivity index (χ2n) is 6.26. The lowest BCUT2D eigenvalue weighted by atomic mass is 10.1. The topological polar surface area (TPSA) is 96.5 Å². The molecule has 27 heavy (non-hydrogen) atoms. The number of ketones is 1. The van der Waals surface area contributed by atoms with Crippen LogP contribution in [-0.4, -0.2) is 66.0 Å². The van der Waals surface area contributed by atoms with Gasteiger partial charge in [0.05, 0.1) is 13.2 Å².